The predicted octanol–water partition coefficient (Wildman–Crippen LogP) is 4.40. The van der Waals surface area contributed by atoms with Gasteiger partial charge in [0.1, 0.15) is 11.6 Å². The summed E-state index contributed by atoms with van der Waals surface area (Å²) in [5.41, 5.74) is 2.67. The van der Waals surface area contributed by atoms with E-state index in [0.717, 1.165) is 54.5 Å². The molecule has 2 N–H and O–H groups in total. The predicted molar refractivity (Wildman–Crippen MR) is 105 cm³/mol. The second kappa shape index (κ2) is 7.81. The van der Waals surface area contributed by atoms with Crippen molar-refractivity contribution < 1.29 is 0 Å². The van der Waals surface area contributed by atoms with E-state index in [0.29, 0.717) is 10.9 Å². The van der Waals surface area contributed by atoms with Crippen molar-refractivity contribution in [2.45, 2.75) is 18.8 Å². The smallest absolute Gasteiger partial charge is 0.135 e. The number of benzene rings is 1. The summed E-state index contributed by atoms with van der Waals surface area (Å²) in [6.07, 6.45) is 5.82. The van der Waals surface area contributed by atoms with Gasteiger partial charge in [0.25, 0.3) is 0 Å². The van der Waals surface area contributed by atoms with Crippen LogP contribution in [0.4, 0.5) is 11.5 Å². The number of halogens is 1. The van der Waals surface area contributed by atoms with Crippen LogP contribution in [-0.4, -0.2) is 28.0 Å². The number of piperidine rings is 1. The standard InChI is InChI=1S/C20H20ClN5/c21-16-7-1-2-8-17(16)24-19-11-18(14-5-3-9-22-12-14)25-20(26-19)15-6-4-10-23-13-15/h1-3,5,7-9,11-12,15,23H,4,6,10,13H2,(H,24,25,26). The molecule has 1 atom stereocenters. The molecule has 0 aliphatic carbocycles. The van der Waals surface area contributed by atoms with Crippen molar-refractivity contribution in [3.8, 4) is 11.3 Å². The molecule has 1 aromatic carbocycles. The van der Waals surface area contributed by atoms with Gasteiger partial charge in [-0.1, -0.05) is 23.7 Å². The molecule has 0 bridgehead atoms. The molecule has 26 heavy (non-hydrogen) atoms. The molecule has 1 aliphatic heterocycles. The zero-order chi connectivity index (χ0) is 17.8. The van der Waals surface area contributed by atoms with Gasteiger partial charge in [0.2, 0.25) is 0 Å². The van der Waals surface area contributed by atoms with Gasteiger partial charge < -0.3 is 10.6 Å². The van der Waals surface area contributed by atoms with Crippen LogP contribution in [0.1, 0.15) is 24.6 Å². The maximum Gasteiger partial charge on any atom is 0.135 e. The number of nitrogens with zero attached hydrogens (tertiary/aromatic N) is 3. The van der Waals surface area contributed by atoms with E-state index in [1.165, 1.54) is 0 Å². The van der Waals surface area contributed by atoms with Crippen LogP contribution in [0, 0.1) is 0 Å². The molecule has 0 saturated carbocycles. The van der Waals surface area contributed by atoms with Crippen LogP contribution in [0.5, 0.6) is 0 Å². The van der Waals surface area contributed by atoms with E-state index in [9.17, 15) is 0 Å². The molecule has 1 saturated heterocycles. The zero-order valence-electron chi connectivity index (χ0n) is 14.3. The highest BCUT2D eigenvalue weighted by molar-refractivity contribution is 6.33. The highest BCUT2D eigenvalue weighted by atomic mass is 35.5. The maximum absolute atomic E-state index is 6.29. The summed E-state index contributed by atoms with van der Waals surface area (Å²) in [7, 11) is 0. The van der Waals surface area contributed by atoms with E-state index in [4.69, 9.17) is 21.6 Å². The number of hydrogen-bond donors (Lipinski definition) is 2. The SMILES string of the molecule is Clc1ccccc1Nc1cc(-c2cccnc2)nc(C2CCCNC2)n1. The summed E-state index contributed by atoms with van der Waals surface area (Å²) in [6, 6.07) is 13.5. The van der Waals surface area contributed by atoms with Crippen LogP contribution >= 0.6 is 11.6 Å². The number of para-hydroxylation sites is 1. The van der Waals surface area contributed by atoms with Gasteiger partial charge in [-0.2, -0.15) is 0 Å². The molecular formula is C20H20ClN5. The highest BCUT2D eigenvalue weighted by Crippen LogP contribution is 2.29. The van der Waals surface area contributed by atoms with Crippen LogP contribution in [0.25, 0.3) is 11.3 Å². The van der Waals surface area contributed by atoms with E-state index in [1.54, 1.807) is 6.20 Å². The van der Waals surface area contributed by atoms with Crippen LogP contribution in [-0.2, 0) is 0 Å². The van der Waals surface area contributed by atoms with Gasteiger partial charge in [-0.15, -0.1) is 0 Å². The largest absolute Gasteiger partial charge is 0.339 e. The molecule has 3 heterocycles. The van der Waals surface area contributed by atoms with Gasteiger partial charge in [0.05, 0.1) is 16.4 Å². The second-order valence-electron chi connectivity index (χ2n) is 6.39. The Morgan fingerprint density at radius 3 is 2.81 bits per heavy atom. The molecule has 1 fully saturated rings. The molecule has 2 aromatic heterocycles. The molecule has 6 heteroatoms. The third-order valence-electron chi connectivity index (χ3n) is 4.50. The Kier molecular flexibility index (Phi) is 5.09. The molecule has 1 aliphatic rings. The first-order valence-electron chi connectivity index (χ1n) is 8.81. The normalized spacial score (nSPS) is 17.0. The Morgan fingerprint density at radius 2 is 2.04 bits per heavy atom. The van der Waals surface area contributed by atoms with Crippen molar-refractivity contribution in [3.05, 3.63) is 65.7 Å². The lowest BCUT2D eigenvalue weighted by Gasteiger charge is -2.22. The lowest BCUT2D eigenvalue weighted by Crippen LogP contribution is -2.29. The number of nitrogens with one attached hydrogen (secondary N) is 2. The number of pyridine rings is 1. The Hall–Kier alpha value is -2.50. The lowest BCUT2D eigenvalue weighted by molar-refractivity contribution is 0.447. The molecular weight excluding hydrogens is 346 g/mol. The molecule has 3 aromatic rings. The summed E-state index contributed by atoms with van der Waals surface area (Å²) in [5, 5.41) is 7.44. The van der Waals surface area contributed by atoms with Gasteiger partial charge in [-0.3, -0.25) is 4.98 Å². The average Bonchev–Trinajstić information content (AvgIpc) is 2.71. The van der Waals surface area contributed by atoms with E-state index in [2.05, 4.69) is 15.6 Å². The number of rotatable bonds is 4. The van der Waals surface area contributed by atoms with Crippen molar-refractivity contribution in [2.24, 2.45) is 0 Å². The van der Waals surface area contributed by atoms with Crippen molar-refractivity contribution in [2.75, 3.05) is 18.4 Å². The first-order chi connectivity index (χ1) is 12.8. The number of anilines is 2. The minimum atomic E-state index is 0.312. The third-order valence-corrected chi connectivity index (χ3v) is 4.83. The van der Waals surface area contributed by atoms with Gasteiger partial charge >= 0.3 is 0 Å². The van der Waals surface area contributed by atoms with Gasteiger partial charge in [0, 0.05) is 36.5 Å². The van der Waals surface area contributed by atoms with Gasteiger partial charge in [0.15, 0.2) is 0 Å². The Balaban J connectivity index is 1.73. The first-order valence-corrected chi connectivity index (χ1v) is 9.19. The van der Waals surface area contributed by atoms with E-state index >= 15 is 0 Å². The molecule has 5 nitrogen and oxygen atoms in total. The highest BCUT2D eigenvalue weighted by Gasteiger charge is 2.20. The minimum absolute atomic E-state index is 0.312. The average molecular weight is 366 g/mol. The minimum Gasteiger partial charge on any atom is -0.339 e. The quantitative estimate of drug-likeness (QED) is 0.717. The third kappa shape index (κ3) is 3.84. The molecule has 132 valence electrons. The van der Waals surface area contributed by atoms with E-state index in [-0.39, 0.29) is 0 Å². The first kappa shape index (κ1) is 16.9. The Labute approximate surface area is 157 Å². The van der Waals surface area contributed by atoms with Crippen molar-refractivity contribution in [1.29, 1.82) is 0 Å². The van der Waals surface area contributed by atoms with Crippen molar-refractivity contribution >= 4 is 23.1 Å². The summed E-state index contributed by atoms with van der Waals surface area (Å²) >= 11 is 6.29. The van der Waals surface area contributed by atoms with Crippen LogP contribution in [0.3, 0.4) is 0 Å². The topological polar surface area (TPSA) is 62.7 Å². The van der Waals surface area contributed by atoms with Gasteiger partial charge in [-0.25, -0.2) is 9.97 Å². The number of aromatic nitrogens is 3. The summed E-state index contributed by atoms with van der Waals surface area (Å²) in [5.74, 6) is 1.91. The Morgan fingerprint density at radius 1 is 1.12 bits per heavy atom. The fourth-order valence-electron chi connectivity index (χ4n) is 3.15. The van der Waals surface area contributed by atoms with Crippen LogP contribution in [0.2, 0.25) is 5.02 Å². The molecule has 1 unspecified atom stereocenters. The maximum atomic E-state index is 6.29. The lowest BCUT2D eigenvalue weighted by atomic mass is 9.98. The molecule has 0 radical (unpaired) electrons. The van der Waals surface area contributed by atoms with Crippen LogP contribution < -0.4 is 10.6 Å². The summed E-state index contributed by atoms with van der Waals surface area (Å²) in [4.78, 5) is 13.8. The summed E-state index contributed by atoms with van der Waals surface area (Å²) in [6.45, 7) is 1.96. The monoisotopic (exact) mass is 365 g/mol. The molecule has 0 spiro atoms. The molecule has 0 amide bonds. The fourth-order valence-corrected chi connectivity index (χ4v) is 3.33. The number of hydrogen-bond acceptors (Lipinski definition) is 5. The Bertz CT molecular complexity index is 878. The summed E-state index contributed by atoms with van der Waals surface area (Å²) < 4.78 is 0. The van der Waals surface area contributed by atoms with Crippen molar-refractivity contribution in [3.63, 3.8) is 0 Å². The zero-order valence-corrected chi connectivity index (χ0v) is 15.1. The molecule has 4 rings (SSSR count). The fraction of sp³-hybridized carbons (Fsp3) is 0.250. The van der Waals surface area contributed by atoms with E-state index in [1.807, 2.05) is 48.7 Å². The van der Waals surface area contributed by atoms with Crippen LogP contribution in [0.15, 0.2) is 54.9 Å². The van der Waals surface area contributed by atoms with Gasteiger partial charge in [-0.05, 0) is 43.7 Å². The van der Waals surface area contributed by atoms with Crippen molar-refractivity contribution in [1.82, 2.24) is 20.3 Å². The second-order valence-corrected chi connectivity index (χ2v) is 6.79. The van der Waals surface area contributed by atoms with E-state index < -0.39 is 0 Å².